The number of carbonyl (C=O) groups is 1. The second-order valence-corrected chi connectivity index (χ2v) is 6.34. The van der Waals surface area contributed by atoms with E-state index in [0.717, 1.165) is 5.56 Å². The van der Waals surface area contributed by atoms with E-state index in [9.17, 15) is 14.9 Å². The van der Waals surface area contributed by atoms with Crippen molar-refractivity contribution in [2.45, 2.75) is 26.4 Å². The van der Waals surface area contributed by atoms with E-state index in [-0.39, 0.29) is 11.8 Å². The molecule has 0 bridgehead atoms. The molecule has 1 unspecified atom stereocenters. The molecule has 140 valence electrons. The van der Waals surface area contributed by atoms with Crippen molar-refractivity contribution in [2.75, 3.05) is 5.32 Å². The SMILES string of the molecule is Cc1cc([N+](=O)[O-])nn1C(C)C(=O)Nc1ncn(Cc2cccc(Cl)c2)n1. The molecule has 0 spiro atoms. The first-order valence-electron chi connectivity index (χ1n) is 7.99. The van der Waals surface area contributed by atoms with Gasteiger partial charge < -0.3 is 10.1 Å². The van der Waals surface area contributed by atoms with Crippen LogP contribution in [0.2, 0.25) is 5.02 Å². The van der Waals surface area contributed by atoms with E-state index in [1.54, 1.807) is 24.6 Å². The molecule has 10 nitrogen and oxygen atoms in total. The highest BCUT2D eigenvalue weighted by Gasteiger charge is 2.25. The predicted octanol–water partition coefficient (Wildman–Crippen LogP) is 2.59. The summed E-state index contributed by atoms with van der Waals surface area (Å²) >= 11 is 5.96. The Morgan fingerprint density at radius 1 is 1.37 bits per heavy atom. The summed E-state index contributed by atoms with van der Waals surface area (Å²) in [4.78, 5) is 26.7. The number of benzene rings is 1. The number of nitrogens with zero attached hydrogens (tertiary/aromatic N) is 6. The number of nitro groups is 1. The summed E-state index contributed by atoms with van der Waals surface area (Å²) in [5, 5.41) is 22.1. The molecule has 2 heterocycles. The van der Waals surface area contributed by atoms with E-state index >= 15 is 0 Å². The monoisotopic (exact) mass is 389 g/mol. The molecule has 0 fully saturated rings. The molecule has 0 aliphatic heterocycles. The summed E-state index contributed by atoms with van der Waals surface area (Å²) in [6.45, 7) is 3.67. The predicted molar refractivity (Wildman–Crippen MR) is 97.5 cm³/mol. The Bertz CT molecular complexity index is 998. The van der Waals surface area contributed by atoms with E-state index in [1.165, 1.54) is 17.1 Å². The van der Waals surface area contributed by atoms with E-state index in [1.807, 2.05) is 18.2 Å². The lowest BCUT2D eigenvalue weighted by Gasteiger charge is -2.09. The summed E-state index contributed by atoms with van der Waals surface area (Å²) in [7, 11) is 0. The number of halogens is 1. The maximum Gasteiger partial charge on any atom is 0.390 e. The fourth-order valence-corrected chi connectivity index (χ4v) is 2.74. The number of anilines is 1. The average molecular weight is 390 g/mol. The molecule has 0 radical (unpaired) electrons. The van der Waals surface area contributed by atoms with Gasteiger partial charge in [-0.1, -0.05) is 23.7 Å². The maximum absolute atomic E-state index is 12.4. The molecule has 3 aromatic rings. The van der Waals surface area contributed by atoms with Gasteiger partial charge >= 0.3 is 5.82 Å². The van der Waals surface area contributed by atoms with Crippen molar-refractivity contribution < 1.29 is 9.72 Å². The van der Waals surface area contributed by atoms with Crippen molar-refractivity contribution in [1.82, 2.24) is 24.5 Å². The first kappa shape index (κ1) is 18.5. The number of aromatic nitrogens is 5. The van der Waals surface area contributed by atoms with Crippen LogP contribution in [0.5, 0.6) is 0 Å². The lowest BCUT2D eigenvalue weighted by Crippen LogP contribution is -2.25. The number of hydrogen-bond acceptors (Lipinski definition) is 6. The van der Waals surface area contributed by atoms with E-state index in [0.29, 0.717) is 17.3 Å². The normalized spacial score (nSPS) is 12.0. The van der Waals surface area contributed by atoms with Gasteiger partial charge in [0.15, 0.2) is 0 Å². The van der Waals surface area contributed by atoms with Gasteiger partial charge in [0.05, 0.1) is 23.4 Å². The van der Waals surface area contributed by atoms with Gasteiger partial charge in [0, 0.05) is 5.02 Å². The van der Waals surface area contributed by atoms with Crippen LogP contribution in [-0.2, 0) is 11.3 Å². The average Bonchev–Trinajstić information content (AvgIpc) is 3.20. The van der Waals surface area contributed by atoms with Crippen molar-refractivity contribution in [3.8, 4) is 0 Å². The molecule has 1 amide bonds. The van der Waals surface area contributed by atoms with Crippen LogP contribution in [-0.4, -0.2) is 35.4 Å². The molecule has 0 saturated heterocycles. The highest BCUT2D eigenvalue weighted by Crippen LogP contribution is 2.17. The van der Waals surface area contributed by atoms with Gasteiger partial charge in [0.1, 0.15) is 12.4 Å². The van der Waals surface area contributed by atoms with Crippen molar-refractivity contribution >= 4 is 29.3 Å². The molecule has 0 aliphatic carbocycles. The molecule has 1 atom stereocenters. The Balaban J connectivity index is 1.67. The van der Waals surface area contributed by atoms with Crippen LogP contribution in [0.3, 0.4) is 0 Å². The Kier molecular flexibility index (Phi) is 5.17. The molecule has 0 aliphatic rings. The lowest BCUT2D eigenvalue weighted by molar-refractivity contribution is -0.389. The standard InChI is InChI=1S/C16H16ClN7O3/c1-10-6-14(24(26)27)20-23(10)11(2)15(25)19-16-18-9-22(21-16)8-12-4-3-5-13(17)7-12/h3-7,9,11H,8H2,1-2H3,(H,19,21,25). The minimum Gasteiger partial charge on any atom is -0.358 e. The van der Waals surface area contributed by atoms with E-state index in [2.05, 4.69) is 20.5 Å². The lowest BCUT2D eigenvalue weighted by atomic mass is 10.2. The quantitative estimate of drug-likeness (QED) is 0.511. The van der Waals surface area contributed by atoms with Crippen molar-refractivity contribution in [3.63, 3.8) is 0 Å². The second kappa shape index (κ2) is 7.54. The van der Waals surface area contributed by atoms with Crippen LogP contribution in [0.15, 0.2) is 36.7 Å². The van der Waals surface area contributed by atoms with Gasteiger partial charge in [0.25, 0.3) is 5.91 Å². The van der Waals surface area contributed by atoms with E-state index < -0.39 is 16.9 Å². The van der Waals surface area contributed by atoms with Gasteiger partial charge in [-0.25, -0.2) is 9.67 Å². The molecule has 11 heteroatoms. The van der Waals surface area contributed by atoms with Gasteiger partial charge in [0.2, 0.25) is 5.95 Å². The highest BCUT2D eigenvalue weighted by atomic mass is 35.5. The summed E-state index contributed by atoms with van der Waals surface area (Å²) in [6, 6.07) is 7.88. The largest absolute Gasteiger partial charge is 0.390 e. The summed E-state index contributed by atoms with van der Waals surface area (Å²) in [5.41, 5.74) is 1.45. The van der Waals surface area contributed by atoms with Crippen LogP contribution in [0.4, 0.5) is 11.8 Å². The van der Waals surface area contributed by atoms with Crippen molar-refractivity contribution in [3.05, 3.63) is 63.1 Å². The van der Waals surface area contributed by atoms with Gasteiger partial charge in [-0.2, -0.15) is 4.68 Å². The fraction of sp³-hybridized carbons (Fsp3) is 0.250. The molecular weight excluding hydrogens is 374 g/mol. The Morgan fingerprint density at radius 2 is 2.15 bits per heavy atom. The Hall–Kier alpha value is -3.27. The third-order valence-corrected chi connectivity index (χ3v) is 4.08. The molecular formula is C16H16ClN7O3. The first-order chi connectivity index (χ1) is 12.8. The number of nitrogens with one attached hydrogen (secondary N) is 1. The summed E-state index contributed by atoms with van der Waals surface area (Å²) in [5.74, 6) is -0.610. The van der Waals surface area contributed by atoms with E-state index in [4.69, 9.17) is 11.6 Å². The minimum absolute atomic E-state index is 0.133. The van der Waals surface area contributed by atoms with Crippen molar-refractivity contribution in [1.29, 1.82) is 0 Å². The topological polar surface area (TPSA) is 121 Å². The van der Waals surface area contributed by atoms with Crippen LogP contribution in [0.1, 0.15) is 24.2 Å². The molecule has 1 aromatic carbocycles. The van der Waals surface area contributed by atoms with Crippen LogP contribution in [0, 0.1) is 17.0 Å². The molecule has 1 N–H and O–H groups in total. The number of rotatable bonds is 6. The number of carbonyl (C=O) groups excluding carboxylic acids is 1. The summed E-state index contributed by atoms with van der Waals surface area (Å²) in [6.07, 6.45) is 1.49. The maximum atomic E-state index is 12.4. The molecule has 3 rings (SSSR count). The number of aryl methyl sites for hydroxylation is 1. The first-order valence-corrected chi connectivity index (χ1v) is 8.36. The zero-order chi connectivity index (χ0) is 19.6. The zero-order valence-corrected chi connectivity index (χ0v) is 15.3. The zero-order valence-electron chi connectivity index (χ0n) is 14.5. The fourth-order valence-electron chi connectivity index (χ4n) is 2.53. The van der Waals surface area contributed by atoms with Gasteiger partial charge in [-0.05, 0) is 36.5 Å². The van der Waals surface area contributed by atoms with Gasteiger partial charge in [-0.3, -0.25) is 10.1 Å². The Labute approximate surface area is 158 Å². The summed E-state index contributed by atoms with van der Waals surface area (Å²) < 4.78 is 2.85. The number of hydrogen-bond donors (Lipinski definition) is 1. The second-order valence-electron chi connectivity index (χ2n) is 5.91. The molecule has 27 heavy (non-hydrogen) atoms. The third kappa shape index (κ3) is 4.29. The van der Waals surface area contributed by atoms with Crippen molar-refractivity contribution in [2.24, 2.45) is 0 Å². The highest BCUT2D eigenvalue weighted by molar-refractivity contribution is 6.30. The number of amides is 1. The van der Waals surface area contributed by atoms with Crippen LogP contribution < -0.4 is 5.32 Å². The Morgan fingerprint density at radius 3 is 2.81 bits per heavy atom. The van der Waals surface area contributed by atoms with Crippen LogP contribution in [0.25, 0.3) is 0 Å². The third-order valence-electron chi connectivity index (χ3n) is 3.85. The van der Waals surface area contributed by atoms with Crippen LogP contribution >= 0.6 is 11.6 Å². The van der Waals surface area contributed by atoms with Gasteiger partial charge in [-0.15, -0.1) is 5.10 Å². The molecule has 2 aromatic heterocycles. The smallest absolute Gasteiger partial charge is 0.358 e. The minimum atomic E-state index is -0.765. The molecule has 0 saturated carbocycles.